The van der Waals surface area contributed by atoms with Crippen molar-refractivity contribution in [3.63, 3.8) is 0 Å². The lowest BCUT2D eigenvalue weighted by Gasteiger charge is -2.12. The van der Waals surface area contributed by atoms with Crippen LogP contribution in [0.5, 0.6) is 0 Å². The number of hydrogen-bond donors (Lipinski definition) is 2. The third-order valence-electron chi connectivity index (χ3n) is 0.592. The molecule has 0 aliphatic heterocycles. The topological polar surface area (TPSA) is 58.9 Å². The van der Waals surface area contributed by atoms with Gasteiger partial charge in [-0.15, -0.1) is 0 Å². The van der Waals surface area contributed by atoms with E-state index in [2.05, 4.69) is 9.47 Å². The Bertz CT molecular complexity index is 53.2. The summed E-state index contributed by atoms with van der Waals surface area (Å²) in [7, 11) is 0.578. The number of methoxy groups -OCH3 is 2. The molecule has 0 saturated heterocycles. The maximum Gasteiger partial charge on any atom is 0.228 e. The van der Waals surface area contributed by atoms with Gasteiger partial charge in [-0.2, -0.15) is 0 Å². The minimum atomic E-state index is -2.11. The highest BCUT2D eigenvalue weighted by molar-refractivity contribution is 7.45. The van der Waals surface area contributed by atoms with Gasteiger partial charge >= 0.3 is 0 Å². The standard InChI is InChI=1S/C3H9O4P/c1-6-3(7-2)8(4)5/h3-5H,1-2H3. The molecule has 0 amide bonds. The molecule has 50 valence electrons. The summed E-state index contributed by atoms with van der Waals surface area (Å²) in [6, 6.07) is -0.870. The molecule has 0 atom stereocenters. The Labute approximate surface area is 49.0 Å². The van der Waals surface area contributed by atoms with E-state index in [-0.39, 0.29) is 0 Å². The normalized spacial score (nSPS) is 11.2. The molecule has 0 heterocycles. The summed E-state index contributed by atoms with van der Waals surface area (Å²) in [4.78, 5) is 16.8. The molecule has 0 aliphatic rings. The average Bonchev–Trinajstić information content (AvgIpc) is 1.69. The van der Waals surface area contributed by atoms with Crippen LogP contribution in [-0.4, -0.2) is 30.0 Å². The molecule has 0 unspecified atom stereocenters. The van der Waals surface area contributed by atoms with Gasteiger partial charge in [-0.3, -0.25) is 0 Å². The van der Waals surface area contributed by atoms with Crippen molar-refractivity contribution >= 4 is 8.38 Å². The SMILES string of the molecule is COC(OC)P(O)O. The highest BCUT2D eigenvalue weighted by Gasteiger charge is 2.14. The Morgan fingerprint density at radius 2 is 1.62 bits per heavy atom. The van der Waals surface area contributed by atoms with E-state index >= 15 is 0 Å². The van der Waals surface area contributed by atoms with Gasteiger partial charge in [0.15, 0.2) is 0 Å². The van der Waals surface area contributed by atoms with Crippen molar-refractivity contribution in [2.45, 2.75) is 6.03 Å². The second-order valence-corrected chi connectivity index (χ2v) is 2.16. The molecule has 0 aromatic carbocycles. The van der Waals surface area contributed by atoms with E-state index in [0.29, 0.717) is 0 Å². The number of ether oxygens (including phenoxy) is 2. The Balaban J connectivity index is 3.35. The van der Waals surface area contributed by atoms with Crippen LogP contribution in [0.15, 0.2) is 0 Å². The minimum Gasteiger partial charge on any atom is -0.348 e. The second-order valence-electron chi connectivity index (χ2n) is 1.10. The van der Waals surface area contributed by atoms with Gasteiger partial charge in [-0.1, -0.05) is 0 Å². The van der Waals surface area contributed by atoms with Crippen LogP contribution in [0.25, 0.3) is 0 Å². The molecule has 4 nitrogen and oxygen atoms in total. The van der Waals surface area contributed by atoms with E-state index in [4.69, 9.17) is 9.79 Å². The molecular weight excluding hydrogens is 131 g/mol. The first kappa shape index (κ1) is 8.27. The zero-order valence-corrected chi connectivity index (χ0v) is 5.63. The first-order valence-electron chi connectivity index (χ1n) is 1.95. The Kier molecular flexibility index (Phi) is 4.32. The molecule has 0 fully saturated rings. The zero-order chi connectivity index (χ0) is 6.57. The molecular formula is C3H9O4P. The van der Waals surface area contributed by atoms with Crippen LogP contribution in [0.4, 0.5) is 0 Å². The molecule has 8 heavy (non-hydrogen) atoms. The fourth-order valence-corrected chi connectivity index (χ4v) is 0.662. The van der Waals surface area contributed by atoms with Gasteiger partial charge < -0.3 is 19.3 Å². The first-order chi connectivity index (χ1) is 3.72. The molecule has 0 aromatic heterocycles. The van der Waals surface area contributed by atoms with Crippen LogP contribution >= 0.6 is 8.38 Å². The van der Waals surface area contributed by atoms with Crippen molar-refractivity contribution in [1.82, 2.24) is 0 Å². The summed E-state index contributed by atoms with van der Waals surface area (Å²) in [5.74, 6) is 0. The molecule has 0 aromatic rings. The molecule has 2 N–H and O–H groups in total. The fourth-order valence-electron chi connectivity index (χ4n) is 0.285. The molecule has 0 radical (unpaired) electrons. The van der Waals surface area contributed by atoms with Crippen LogP contribution in [-0.2, 0) is 9.47 Å². The highest BCUT2D eigenvalue weighted by Crippen LogP contribution is 2.31. The van der Waals surface area contributed by atoms with Gasteiger partial charge in [0.2, 0.25) is 14.4 Å². The van der Waals surface area contributed by atoms with Crippen LogP contribution in [0.1, 0.15) is 0 Å². The number of rotatable bonds is 3. The summed E-state index contributed by atoms with van der Waals surface area (Å²) in [5.41, 5.74) is 0. The molecule has 0 aliphatic carbocycles. The van der Waals surface area contributed by atoms with Crippen molar-refractivity contribution in [3.8, 4) is 0 Å². The lowest BCUT2D eigenvalue weighted by Crippen LogP contribution is -2.09. The molecule has 0 rings (SSSR count). The van der Waals surface area contributed by atoms with E-state index in [1.165, 1.54) is 14.2 Å². The largest absolute Gasteiger partial charge is 0.348 e. The van der Waals surface area contributed by atoms with Gasteiger partial charge in [0.25, 0.3) is 0 Å². The molecule has 0 bridgehead atoms. The predicted octanol–water partition coefficient (Wildman–Crippen LogP) is -0.141. The van der Waals surface area contributed by atoms with E-state index in [1.807, 2.05) is 0 Å². The van der Waals surface area contributed by atoms with Crippen molar-refractivity contribution in [2.24, 2.45) is 0 Å². The first-order valence-corrected chi connectivity index (χ1v) is 3.26. The van der Waals surface area contributed by atoms with Gasteiger partial charge in [-0.05, 0) is 0 Å². The van der Waals surface area contributed by atoms with Crippen molar-refractivity contribution in [3.05, 3.63) is 0 Å². The molecule has 0 spiro atoms. The quantitative estimate of drug-likeness (QED) is 0.423. The monoisotopic (exact) mass is 140 g/mol. The van der Waals surface area contributed by atoms with Crippen molar-refractivity contribution in [2.75, 3.05) is 14.2 Å². The predicted molar refractivity (Wildman–Crippen MR) is 29.2 cm³/mol. The average molecular weight is 140 g/mol. The van der Waals surface area contributed by atoms with Gasteiger partial charge in [0.1, 0.15) is 0 Å². The highest BCUT2D eigenvalue weighted by atomic mass is 31.2. The van der Waals surface area contributed by atoms with Crippen LogP contribution in [0.3, 0.4) is 0 Å². The molecule has 0 saturated carbocycles. The van der Waals surface area contributed by atoms with Crippen molar-refractivity contribution < 1.29 is 19.3 Å². The smallest absolute Gasteiger partial charge is 0.228 e. The van der Waals surface area contributed by atoms with Gasteiger partial charge in [0, 0.05) is 14.2 Å². The van der Waals surface area contributed by atoms with E-state index < -0.39 is 14.4 Å². The van der Waals surface area contributed by atoms with Crippen LogP contribution < -0.4 is 0 Å². The van der Waals surface area contributed by atoms with Crippen molar-refractivity contribution in [1.29, 1.82) is 0 Å². The minimum absolute atomic E-state index is 0.870. The third kappa shape index (κ3) is 2.55. The fraction of sp³-hybridized carbons (Fsp3) is 1.00. The lowest BCUT2D eigenvalue weighted by atomic mass is 11.3. The summed E-state index contributed by atoms with van der Waals surface area (Å²) >= 11 is 0. The summed E-state index contributed by atoms with van der Waals surface area (Å²) in [6.07, 6.45) is 0. The second kappa shape index (κ2) is 4.18. The van der Waals surface area contributed by atoms with Gasteiger partial charge in [0.05, 0.1) is 0 Å². The zero-order valence-electron chi connectivity index (χ0n) is 4.74. The van der Waals surface area contributed by atoms with E-state index in [0.717, 1.165) is 0 Å². The Hall–Kier alpha value is 0.270. The summed E-state index contributed by atoms with van der Waals surface area (Å²) in [5, 5.41) is 0. The Morgan fingerprint density at radius 1 is 1.25 bits per heavy atom. The Morgan fingerprint density at radius 3 is 1.62 bits per heavy atom. The van der Waals surface area contributed by atoms with Gasteiger partial charge in [-0.25, -0.2) is 0 Å². The molecule has 5 heteroatoms. The lowest BCUT2D eigenvalue weighted by molar-refractivity contribution is -0.0498. The van der Waals surface area contributed by atoms with E-state index in [9.17, 15) is 0 Å². The van der Waals surface area contributed by atoms with Crippen LogP contribution in [0, 0.1) is 0 Å². The third-order valence-corrected chi connectivity index (χ3v) is 1.39. The van der Waals surface area contributed by atoms with E-state index in [1.54, 1.807) is 0 Å². The van der Waals surface area contributed by atoms with Crippen LogP contribution in [0.2, 0.25) is 0 Å². The number of hydrogen-bond acceptors (Lipinski definition) is 4. The maximum atomic E-state index is 8.38. The maximum absolute atomic E-state index is 8.38. The summed E-state index contributed by atoms with van der Waals surface area (Å²) < 4.78 is 8.93. The summed E-state index contributed by atoms with van der Waals surface area (Å²) in [6.45, 7) is 0.